The van der Waals surface area contributed by atoms with Crippen molar-refractivity contribution in [3.8, 4) is 11.3 Å². The van der Waals surface area contributed by atoms with Crippen LogP contribution in [0.2, 0.25) is 10.2 Å². The molecule has 3 nitrogen and oxygen atoms in total. The SMILES string of the molecule is O=Cc1c(-c2ccc(Cl)cc2)n[nH]c1Cl. The highest BCUT2D eigenvalue weighted by molar-refractivity contribution is 6.32. The van der Waals surface area contributed by atoms with Crippen LogP contribution in [0.1, 0.15) is 10.4 Å². The van der Waals surface area contributed by atoms with E-state index in [9.17, 15) is 4.79 Å². The number of carbonyl (C=O) groups is 1. The first-order chi connectivity index (χ1) is 7.22. The number of nitrogens with zero attached hydrogens (tertiary/aromatic N) is 1. The maximum absolute atomic E-state index is 10.8. The monoisotopic (exact) mass is 240 g/mol. The van der Waals surface area contributed by atoms with Gasteiger partial charge in [0.05, 0.1) is 5.56 Å². The zero-order valence-electron chi connectivity index (χ0n) is 7.50. The lowest BCUT2D eigenvalue weighted by molar-refractivity contribution is 0.112. The molecule has 1 aromatic heterocycles. The smallest absolute Gasteiger partial charge is 0.155 e. The highest BCUT2D eigenvalue weighted by atomic mass is 35.5. The van der Waals surface area contributed by atoms with E-state index in [0.29, 0.717) is 22.6 Å². The first kappa shape index (κ1) is 10.2. The molecule has 0 atom stereocenters. The number of carbonyl (C=O) groups excluding carboxylic acids is 1. The van der Waals surface area contributed by atoms with E-state index in [2.05, 4.69) is 10.2 Å². The number of halogens is 2. The molecular formula is C10H6Cl2N2O. The molecule has 0 spiro atoms. The van der Waals surface area contributed by atoms with Gasteiger partial charge in [-0.05, 0) is 12.1 Å². The summed E-state index contributed by atoms with van der Waals surface area (Å²) >= 11 is 11.5. The fraction of sp³-hybridized carbons (Fsp3) is 0. The van der Waals surface area contributed by atoms with E-state index in [1.165, 1.54) is 0 Å². The fourth-order valence-electron chi connectivity index (χ4n) is 1.26. The predicted molar refractivity (Wildman–Crippen MR) is 59.4 cm³/mol. The van der Waals surface area contributed by atoms with Crippen molar-refractivity contribution < 1.29 is 4.79 Å². The Hall–Kier alpha value is -1.32. The topological polar surface area (TPSA) is 45.8 Å². The number of hydrogen-bond acceptors (Lipinski definition) is 2. The minimum atomic E-state index is 0.245. The summed E-state index contributed by atoms with van der Waals surface area (Å²) in [5.74, 6) is 0. The maximum atomic E-state index is 10.8. The van der Waals surface area contributed by atoms with Gasteiger partial charge in [-0.15, -0.1) is 0 Å². The second-order valence-corrected chi connectivity index (χ2v) is 3.74. The Kier molecular flexibility index (Phi) is 2.75. The molecule has 0 radical (unpaired) electrons. The standard InChI is InChI=1S/C10H6Cl2N2O/c11-7-3-1-6(2-4-7)9-8(5-15)10(12)14-13-9/h1-5H,(H,13,14). The molecule has 0 saturated heterocycles. The van der Waals surface area contributed by atoms with Gasteiger partial charge in [-0.3, -0.25) is 9.89 Å². The van der Waals surface area contributed by atoms with Crippen LogP contribution in [-0.4, -0.2) is 16.5 Å². The van der Waals surface area contributed by atoms with Gasteiger partial charge in [0.2, 0.25) is 0 Å². The Morgan fingerprint density at radius 3 is 2.47 bits per heavy atom. The highest BCUT2D eigenvalue weighted by Crippen LogP contribution is 2.25. The molecule has 2 aromatic rings. The molecule has 0 aliphatic carbocycles. The van der Waals surface area contributed by atoms with Crippen LogP contribution in [0.15, 0.2) is 24.3 Å². The summed E-state index contributed by atoms with van der Waals surface area (Å²) in [7, 11) is 0. The molecule has 0 aliphatic heterocycles. The summed E-state index contributed by atoms with van der Waals surface area (Å²) in [6, 6.07) is 7.02. The second-order valence-electron chi connectivity index (χ2n) is 2.92. The molecule has 0 fully saturated rings. The third kappa shape index (κ3) is 1.89. The van der Waals surface area contributed by atoms with Crippen molar-refractivity contribution in [2.75, 3.05) is 0 Å². The average Bonchev–Trinajstić information content (AvgIpc) is 2.61. The number of aromatic amines is 1. The molecule has 0 unspecified atom stereocenters. The summed E-state index contributed by atoms with van der Waals surface area (Å²) in [6.45, 7) is 0. The Morgan fingerprint density at radius 2 is 1.87 bits per heavy atom. The van der Waals surface area contributed by atoms with Crippen LogP contribution in [-0.2, 0) is 0 Å². The Labute approximate surface area is 96.0 Å². The first-order valence-electron chi connectivity index (χ1n) is 4.17. The van der Waals surface area contributed by atoms with E-state index in [1.54, 1.807) is 24.3 Å². The van der Waals surface area contributed by atoms with E-state index in [0.717, 1.165) is 5.56 Å². The molecule has 1 N–H and O–H groups in total. The Bertz CT molecular complexity index is 491. The summed E-state index contributed by atoms with van der Waals surface area (Å²) in [5.41, 5.74) is 1.69. The highest BCUT2D eigenvalue weighted by Gasteiger charge is 2.12. The lowest BCUT2D eigenvalue weighted by Crippen LogP contribution is -1.84. The van der Waals surface area contributed by atoms with Crippen molar-refractivity contribution in [1.29, 1.82) is 0 Å². The van der Waals surface area contributed by atoms with E-state index in [-0.39, 0.29) is 5.15 Å². The number of nitrogens with one attached hydrogen (secondary N) is 1. The van der Waals surface area contributed by atoms with Gasteiger partial charge in [0.25, 0.3) is 0 Å². The van der Waals surface area contributed by atoms with Gasteiger partial charge < -0.3 is 0 Å². The zero-order valence-corrected chi connectivity index (χ0v) is 9.01. The minimum Gasteiger partial charge on any atom is -0.298 e. The summed E-state index contributed by atoms with van der Waals surface area (Å²) < 4.78 is 0. The normalized spacial score (nSPS) is 10.3. The van der Waals surface area contributed by atoms with Crippen LogP contribution >= 0.6 is 23.2 Å². The van der Waals surface area contributed by atoms with Gasteiger partial charge in [0.15, 0.2) is 6.29 Å². The summed E-state index contributed by atoms with van der Waals surface area (Å²) in [6.07, 6.45) is 0.676. The van der Waals surface area contributed by atoms with Crippen LogP contribution < -0.4 is 0 Å². The van der Waals surface area contributed by atoms with Gasteiger partial charge in [-0.2, -0.15) is 5.10 Å². The van der Waals surface area contributed by atoms with Crippen molar-refractivity contribution >= 4 is 29.5 Å². The second kappa shape index (κ2) is 4.04. The average molecular weight is 241 g/mol. The van der Waals surface area contributed by atoms with E-state index in [4.69, 9.17) is 23.2 Å². The van der Waals surface area contributed by atoms with E-state index in [1.807, 2.05) is 0 Å². The molecule has 2 rings (SSSR count). The molecule has 0 saturated carbocycles. The van der Waals surface area contributed by atoms with Crippen molar-refractivity contribution in [1.82, 2.24) is 10.2 Å². The van der Waals surface area contributed by atoms with Crippen LogP contribution in [0.4, 0.5) is 0 Å². The molecule has 1 heterocycles. The van der Waals surface area contributed by atoms with Crippen molar-refractivity contribution in [3.63, 3.8) is 0 Å². The largest absolute Gasteiger partial charge is 0.298 e. The number of aromatic nitrogens is 2. The van der Waals surface area contributed by atoms with Crippen molar-refractivity contribution in [2.24, 2.45) is 0 Å². The third-order valence-corrected chi connectivity index (χ3v) is 2.53. The molecular weight excluding hydrogens is 235 g/mol. The molecule has 15 heavy (non-hydrogen) atoms. The number of H-pyrrole nitrogens is 1. The lowest BCUT2D eigenvalue weighted by Gasteiger charge is -1.97. The number of hydrogen-bond donors (Lipinski definition) is 1. The minimum absolute atomic E-state index is 0.245. The quantitative estimate of drug-likeness (QED) is 0.820. The van der Waals surface area contributed by atoms with Gasteiger partial charge in [-0.25, -0.2) is 0 Å². The molecule has 0 amide bonds. The molecule has 0 bridgehead atoms. The predicted octanol–water partition coefficient (Wildman–Crippen LogP) is 3.20. The Morgan fingerprint density at radius 1 is 1.20 bits per heavy atom. The van der Waals surface area contributed by atoms with Crippen LogP contribution in [0.3, 0.4) is 0 Å². The van der Waals surface area contributed by atoms with Crippen LogP contribution in [0.5, 0.6) is 0 Å². The molecule has 1 aromatic carbocycles. The fourth-order valence-corrected chi connectivity index (χ4v) is 1.57. The molecule has 0 aliphatic rings. The Balaban J connectivity index is 2.53. The summed E-state index contributed by atoms with van der Waals surface area (Å²) in [5, 5.41) is 7.39. The van der Waals surface area contributed by atoms with Crippen LogP contribution in [0, 0.1) is 0 Å². The van der Waals surface area contributed by atoms with Gasteiger partial charge in [0.1, 0.15) is 10.8 Å². The first-order valence-corrected chi connectivity index (χ1v) is 4.93. The maximum Gasteiger partial charge on any atom is 0.155 e. The van der Waals surface area contributed by atoms with Crippen molar-refractivity contribution in [3.05, 3.63) is 40.0 Å². The van der Waals surface area contributed by atoms with Crippen molar-refractivity contribution in [2.45, 2.75) is 0 Å². The lowest BCUT2D eigenvalue weighted by atomic mass is 10.1. The molecule has 76 valence electrons. The molecule has 5 heteroatoms. The number of aldehydes is 1. The third-order valence-electron chi connectivity index (χ3n) is 1.99. The van der Waals surface area contributed by atoms with Gasteiger partial charge in [-0.1, -0.05) is 35.3 Å². The van der Waals surface area contributed by atoms with Crippen LogP contribution in [0.25, 0.3) is 11.3 Å². The van der Waals surface area contributed by atoms with E-state index < -0.39 is 0 Å². The number of benzene rings is 1. The summed E-state index contributed by atoms with van der Waals surface area (Å²) in [4.78, 5) is 10.8. The zero-order chi connectivity index (χ0) is 10.8. The number of rotatable bonds is 2. The van der Waals surface area contributed by atoms with Gasteiger partial charge >= 0.3 is 0 Å². The van der Waals surface area contributed by atoms with E-state index >= 15 is 0 Å². The van der Waals surface area contributed by atoms with Gasteiger partial charge in [0, 0.05) is 10.6 Å².